The highest BCUT2D eigenvalue weighted by Gasteiger charge is 2.37. The third kappa shape index (κ3) is 5.68. The van der Waals surface area contributed by atoms with Crippen LogP contribution in [0.3, 0.4) is 0 Å². The highest BCUT2D eigenvalue weighted by atomic mass is 35.5. The number of nitrogens with one attached hydrogen (secondary N) is 1. The minimum Gasteiger partial charge on any atom is -0.457 e. The summed E-state index contributed by atoms with van der Waals surface area (Å²) in [6.07, 6.45) is -0.170. The molecule has 3 rings (SSSR count). The summed E-state index contributed by atoms with van der Waals surface area (Å²) in [4.78, 5) is 49.0. The lowest BCUT2D eigenvalue weighted by Crippen LogP contribution is -2.43. The van der Waals surface area contributed by atoms with Crippen LogP contribution in [0.1, 0.15) is 27.1 Å². The first-order valence-electron chi connectivity index (χ1n) is 8.87. The van der Waals surface area contributed by atoms with E-state index >= 15 is 0 Å². The monoisotopic (exact) mass is 502 g/mol. The number of carbonyl (C=O) groups is 4. The van der Waals surface area contributed by atoms with E-state index in [2.05, 4.69) is 5.43 Å². The molecular weight excluding hydrogens is 490 g/mol. The van der Waals surface area contributed by atoms with Crippen LogP contribution in [0.5, 0.6) is 0 Å². The minimum atomic E-state index is -0.838. The molecule has 1 fully saturated rings. The van der Waals surface area contributed by atoms with E-state index < -0.39 is 36.1 Å². The Balaban J connectivity index is 1.55. The normalized spacial score (nSPS) is 15.7. The van der Waals surface area contributed by atoms with Gasteiger partial charge in [0.15, 0.2) is 6.61 Å². The second-order valence-electron chi connectivity index (χ2n) is 6.63. The molecule has 1 N–H and O–H groups in total. The number of halogens is 4. The van der Waals surface area contributed by atoms with Crippen LogP contribution in [-0.2, 0) is 14.3 Å². The Morgan fingerprint density at radius 2 is 1.74 bits per heavy atom. The molecule has 1 unspecified atom stereocenters. The van der Waals surface area contributed by atoms with Crippen molar-refractivity contribution in [1.82, 2.24) is 10.4 Å². The molecule has 7 nitrogen and oxygen atoms in total. The predicted molar refractivity (Wildman–Crippen MR) is 115 cm³/mol. The number of hydrogen-bond donors (Lipinski definition) is 1. The van der Waals surface area contributed by atoms with Crippen molar-refractivity contribution >= 4 is 70.0 Å². The van der Waals surface area contributed by atoms with Gasteiger partial charge >= 0.3 is 5.97 Å². The first-order valence-corrected chi connectivity index (χ1v) is 10.4. The summed E-state index contributed by atoms with van der Waals surface area (Å²) in [5, 5.41) is 2.00. The van der Waals surface area contributed by atoms with Gasteiger partial charge in [-0.05, 0) is 36.4 Å². The fraction of sp³-hybridized carbons (Fsp3) is 0.200. The number of nitrogens with zero attached hydrogens (tertiary/aromatic N) is 1. The SMILES string of the molecule is O=C(NN1CC(C(=O)OCC(=O)c2ccc(Cl)cc2Cl)CC1=O)c1ccc(Cl)c(Cl)c1. The second kappa shape index (κ2) is 9.87. The second-order valence-corrected chi connectivity index (χ2v) is 8.29. The third-order valence-electron chi connectivity index (χ3n) is 4.45. The van der Waals surface area contributed by atoms with E-state index in [1.165, 1.54) is 36.4 Å². The van der Waals surface area contributed by atoms with Crippen LogP contribution in [0.4, 0.5) is 0 Å². The molecule has 0 aromatic heterocycles. The smallest absolute Gasteiger partial charge is 0.311 e. The Kier molecular flexibility index (Phi) is 7.43. The van der Waals surface area contributed by atoms with Crippen molar-refractivity contribution in [3.63, 3.8) is 0 Å². The van der Waals surface area contributed by atoms with E-state index in [4.69, 9.17) is 51.1 Å². The van der Waals surface area contributed by atoms with Gasteiger partial charge in [0.2, 0.25) is 11.7 Å². The highest BCUT2D eigenvalue weighted by Crippen LogP contribution is 2.24. The maximum Gasteiger partial charge on any atom is 0.311 e. The van der Waals surface area contributed by atoms with Gasteiger partial charge in [-0.3, -0.25) is 29.6 Å². The fourth-order valence-electron chi connectivity index (χ4n) is 2.85. The van der Waals surface area contributed by atoms with Gasteiger partial charge in [0.25, 0.3) is 5.91 Å². The van der Waals surface area contributed by atoms with Crippen LogP contribution in [0.2, 0.25) is 20.1 Å². The standard InChI is InChI=1S/C20H14Cl4N2O5/c21-12-2-3-13(15(23)7-12)17(27)9-31-20(30)11-6-18(28)26(8-11)25-19(29)10-1-4-14(22)16(24)5-10/h1-5,7,11H,6,8-9H2,(H,25,29). The number of hydrazine groups is 1. The molecule has 0 bridgehead atoms. The number of benzene rings is 2. The van der Waals surface area contributed by atoms with Gasteiger partial charge < -0.3 is 4.74 Å². The summed E-state index contributed by atoms with van der Waals surface area (Å²) < 4.78 is 5.04. The number of esters is 1. The van der Waals surface area contributed by atoms with Crippen LogP contribution in [0, 0.1) is 5.92 Å². The minimum absolute atomic E-state index is 0.0966. The molecule has 2 aromatic carbocycles. The maximum absolute atomic E-state index is 12.3. The van der Waals surface area contributed by atoms with Crippen LogP contribution >= 0.6 is 46.4 Å². The van der Waals surface area contributed by atoms with Crippen molar-refractivity contribution in [3.8, 4) is 0 Å². The van der Waals surface area contributed by atoms with Crippen LogP contribution in [0.15, 0.2) is 36.4 Å². The summed E-state index contributed by atoms with van der Waals surface area (Å²) in [5.41, 5.74) is 2.78. The quantitative estimate of drug-likeness (QED) is 0.470. The number of hydrogen-bond acceptors (Lipinski definition) is 5. The van der Waals surface area contributed by atoms with Gasteiger partial charge in [0, 0.05) is 22.6 Å². The molecule has 0 radical (unpaired) electrons. The van der Waals surface area contributed by atoms with Gasteiger partial charge in [-0.2, -0.15) is 0 Å². The third-order valence-corrected chi connectivity index (χ3v) is 5.74. The van der Waals surface area contributed by atoms with Crippen LogP contribution in [-0.4, -0.2) is 41.7 Å². The highest BCUT2D eigenvalue weighted by molar-refractivity contribution is 6.42. The molecule has 2 amide bonds. The number of amides is 2. The zero-order chi connectivity index (χ0) is 22.7. The van der Waals surface area contributed by atoms with E-state index in [9.17, 15) is 19.2 Å². The lowest BCUT2D eigenvalue weighted by atomic mass is 10.1. The molecule has 0 saturated carbocycles. The van der Waals surface area contributed by atoms with Gasteiger partial charge in [-0.15, -0.1) is 0 Å². The molecule has 1 aliphatic rings. The molecule has 2 aromatic rings. The van der Waals surface area contributed by atoms with Crippen LogP contribution < -0.4 is 5.43 Å². The van der Waals surface area contributed by atoms with Gasteiger partial charge in [-0.25, -0.2) is 0 Å². The van der Waals surface area contributed by atoms with Crippen molar-refractivity contribution in [2.75, 3.05) is 13.2 Å². The van der Waals surface area contributed by atoms with Crippen molar-refractivity contribution in [1.29, 1.82) is 0 Å². The topological polar surface area (TPSA) is 92.8 Å². The zero-order valence-corrected chi connectivity index (χ0v) is 18.7. The number of carbonyl (C=O) groups excluding carboxylic acids is 4. The van der Waals surface area contributed by atoms with Crippen molar-refractivity contribution in [3.05, 3.63) is 67.6 Å². The Morgan fingerprint density at radius 1 is 1.00 bits per heavy atom. The number of ether oxygens (including phenoxy) is 1. The number of rotatable bonds is 6. The lowest BCUT2D eigenvalue weighted by Gasteiger charge is -2.17. The zero-order valence-electron chi connectivity index (χ0n) is 15.7. The van der Waals surface area contributed by atoms with Gasteiger partial charge in [0.05, 0.1) is 27.5 Å². The van der Waals surface area contributed by atoms with Crippen LogP contribution in [0.25, 0.3) is 0 Å². The molecule has 1 heterocycles. The summed E-state index contributed by atoms with van der Waals surface area (Å²) in [6.45, 7) is -0.638. The molecule has 11 heteroatoms. The summed E-state index contributed by atoms with van der Waals surface area (Å²) in [7, 11) is 0. The average Bonchev–Trinajstić information content (AvgIpc) is 3.08. The fourth-order valence-corrected chi connectivity index (χ4v) is 3.66. The van der Waals surface area contributed by atoms with Gasteiger partial charge in [0.1, 0.15) is 0 Å². The first kappa shape index (κ1) is 23.3. The van der Waals surface area contributed by atoms with Crippen molar-refractivity contribution < 1.29 is 23.9 Å². The Labute approximate surface area is 197 Å². The van der Waals surface area contributed by atoms with E-state index in [0.29, 0.717) is 5.02 Å². The Bertz CT molecular complexity index is 1080. The Hall–Kier alpha value is -2.32. The van der Waals surface area contributed by atoms with Crippen molar-refractivity contribution in [2.24, 2.45) is 5.92 Å². The molecule has 1 saturated heterocycles. The maximum atomic E-state index is 12.3. The predicted octanol–water partition coefficient (Wildman–Crippen LogP) is 4.22. The first-order chi connectivity index (χ1) is 14.7. The van der Waals surface area contributed by atoms with E-state index in [-0.39, 0.29) is 39.2 Å². The summed E-state index contributed by atoms with van der Waals surface area (Å²) in [6, 6.07) is 8.59. The van der Waals surface area contributed by atoms with Gasteiger partial charge in [-0.1, -0.05) is 46.4 Å². The largest absolute Gasteiger partial charge is 0.457 e. The van der Waals surface area contributed by atoms with Crippen molar-refractivity contribution in [2.45, 2.75) is 6.42 Å². The molecule has 1 atom stereocenters. The molecule has 0 spiro atoms. The summed E-state index contributed by atoms with van der Waals surface area (Å²) in [5.74, 6) is -3.15. The molecule has 162 valence electrons. The van der Waals surface area contributed by atoms with E-state index in [0.717, 1.165) is 5.01 Å². The lowest BCUT2D eigenvalue weighted by molar-refractivity contribution is -0.147. The number of ketones is 1. The van der Waals surface area contributed by atoms with E-state index in [1.54, 1.807) is 0 Å². The summed E-state index contributed by atoms with van der Waals surface area (Å²) >= 11 is 23.5. The molecule has 31 heavy (non-hydrogen) atoms. The molecule has 0 aliphatic carbocycles. The molecule has 1 aliphatic heterocycles. The average molecular weight is 504 g/mol. The number of Topliss-reactive ketones (excluding diaryl/α,β-unsaturated/α-hetero) is 1. The molecular formula is C20H14Cl4N2O5. The van der Waals surface area contributed by atoms with E-state index in [1.807, 2.05) is 0 Å². The Morgan fingerprint density at radius 3 is 2.42 bits per heavy atom.